The number of amides is 1. The molecular formula is C13H28N4O. The van der Waals surface area contributed by atoms with Crippen LogP contribution >= 0.6 is 0 Å². The highest BCUT2D eigenvalue weighted by atomic mass is 16.1. The molecule has 5 heteroatoms. The molecule has 0 aromatic carbocycles. The highest BCUT2D eigenvalue weighted by Crippen LogP contribution is 2.11. The summed E-state index contributed by atoms with van der Waals surface area (Å²) in [5, 5.41) is 3.14. The van der Waals surface area contributed by atoms with Crippen LogP contribution in [-0.4, -0.2) is 67.6 Å². The van der Waals surface area contributed by atoms with Crippen molar-refractivity contribution in [2.24, 2.45) is 5.73 Å². The van der Waals surface area contributed by atoms with E-state index in [1.165, 1.54) is 6.42 Å². The van der Waals surface area contributed by atoms with Gasteiger partial charge >= 0.3 is 0 Å². The van der Waals surface area contributed by atoms with Gasteiger partial charge in [-0.2, -0.15) is 0 Å². The predicted molar refractivity (Wildman–Crippen MR) is 74.4 cm³/mol. The summed E-state index contributed by atoms with van der Waals surface area (Å²) >= 11 is 0. The molecule has 2 atom stereocenters. The smallest absolute Gasteiger partial charge is 0.234 e. The number of piperazine rings is 1. The van der Waals surface area contributed by atoms with Gasteiger partial charge < -0.3 is 20.9 Å². The summed E-state index contributed by atoms with van der Waals surface area (Å²) in [7, 11) is 2.19. The van der Waals surface area contributed by atoms with E-state index < -0.39 is 0 Å². The number of carbonyl (C=O) groups excluding carboxylic acids is 1. The zero-order chi connectivity index (χ0) is 13.5. The van der Waals surface area contributed by atoms with Crippen LogP contribution < -0.4 is 11.1 Å². The molecule has 1 aliphatic rings. The molecule has 0 saturated carbocycles. The van der Waals surface area contributed by atoms with Gasteiger partial charge in [0.1, 0.15) is 0 Å². The lowest BCUT2D eigenvalue weighted by molar-refractivity contribution is -0.120. The van der Waals surface area contributed by atoms with Gasteiger partial charge in [0.15, 0.2) is 0 Å². The fraction of sp³-hybridized carbons (Fsp3) is 0.923. The molecule has 1 aliphatic heterocycles. The van der Waals surface area contributed by atoms with Gasteiger partial charge in [-0.1, -0.05) is 13.8 Å². The van der Waals surface area contributed by atoms with Crippen LogP contribution in [0.1, 0.15) is 26.7 Å². The first-order valence-corrected chi connectivity index (χ1v) is 7.03. The molecule has 1 heterocycles. The minimum Gasteiger partial charge on any atom is -0.368 e. The first-order valence-electron chi connectivity index (χ1n) is 7.03. The molecule has 0 aromatic heterocycles. The SMILES string of the molecule is CCNC(CCN1CCN(C)C(CC)C1)C(N)=O. The first kappa shape index (κ1) is 15.4. The van der Waals surface area contributed by atoms with E-state index in [4.69, 9.17) is 5.73 Å². The van der Waals surface area contributed by atoms with Crippen molar-refractivity contribution in [2.45, 2.75) is 38.8 Å². The number of hydrogen-bond donors (Lipinski definition) is 2. The predicted octanol–water partition coefficient (Wildman–Crippen LogP) is -0.134. The highest BCUT2D eigenvalue weighted by Gasteiger charge is 2.23. The van der Waals surface area contributed by atoms with Crippen LogP contribution in [-0.2, 0) is 4.79 Å². The van der Waals surface area contributed by atoms with Gasteiger partial charge in [0.2, 0.25) is 5.91 Å². The second kappa shape index (κ2) is 7.71. The molecule has 5 nitrogen and oxygen atoms in total. The van der Waals surface area contributed by atoms with Crippen LogP contribution in [0, 0.1) is 0 Å². The molecule has 0 radical (unpaired) electrons. The van der Waals surface area contributed by atoms with Crippen molar-refractivity contribution >= 4 is 5.91 Å². The lowest BCUT2D eigenvalue weighted by Gasteiger charge is -2.39. The molecule has 0 aromatic rings. The third-order valence-electron chi connectivity index (χ3n) is 3.86. The Kier molecular flexibility index (Phi) is 6.60. The third kappa shape index (κ3) is 4.55. The maximum absolute atomic E-state index is 11.3. The van der Waals surface area contributed by atoms with Crippen LogP contribution in [0.2, 0.25) is 0 Å². The number of nitrogens with one attached hydrogen (secondary N) is 1. The van der Waals surface area contributed by atoms with Gasteiger partial charge in [0, 0.05) is 32.2 Å². The van der Waals surface area contributed by atoms with Crippen LogP contribution in [0.5, 0.6) is 0 Å². The zero-order valence-electron chi connectivity index (χ0n) is 12.0. The van der Waals surface area contributed by atoms with E-state index >= 15 is 0 Å². The van der Waals surface area contributed by atoms with Gasteiger partial charge in [-0.05, 0) is 26.4 Å². The van der Waals surface area contributed by atoms with E-state index in [0.29, 0.717) is 6.04 Å². The third-order valence-corrected chi connectivity index (χ3v) is 3.86. The second-order valence-corrected chi connectivity index (χ2v) is 5.14. The molecule has 1 rings (SSSR count). The number of nitrogens with zero attached hydrogens (tertiary/aromatic N) is 2. The molecule has 0 bridgehead atoms. The van der Waals surface area contributed by atoms with Crippen molar-refractivity contribution in [3.05, 3.63) is 0 Å². The Morgan fingerprint density at radius 2 is 2.17 bits per heavy atom. The van der Waals surface area contributed by atoms with Crippen LogP contribution in [0.3, 0.4) is 0 Å². The molecule has 18 heavy (non-hydrogen) atoms. The number of likely N-dealkylation sites (N-methyl/N-ethyl adjacent to an activating group) is 2. The fourth-order valence-corrected chi connectivity index (χ4v) is 2.56. The van der Waals surface area contributed by atoms with Crippen LogP contribution in [0.4, 0.5) is 0 Å². The Bertz CT molecular complexity index is 259. The topological polar surface area (TPSA) is 61.6 Å². The van der Waals surface area contributed by atoms with Crippen molar-refractivity contribution in [3.63, 3.8) is 0 Å². The Balaban J connectivity index is 2.36. The largest absolute Gasteiger partial charge is 0.368 e. The minimum absolute atomic E-state index is 0.185. The Morgan fingerprint density at radius 1 is 1.44 bits per heavy atom. The lowest BCUT2D eigenvalue weighted by Crippen LogP contribution is -2.52. The molecule has 106 valence electrons. The van der Waals surface area contributed by atoms with E-state index in [9.17, 15) is 4.79 Å². The molecular weight excluding hydrogens is 228 g/mol. The number of hydrogen-bond acceptors (Lipinski definition) is 4. The van der Waals surface area contributed by atoms with E-state index in [2.05, 4.69) is 29.1 Å². The number of nitrogens with two attached hydrogens (primary N) is 1. The normalized spacial score (nSPS) is 24.1. The lowest BCUT2D eigenvalue weighted by atomic mass is 10.1. The Labute approximate surface area is 111 Å². The van der Waals surface area contributed by atoms with E-state index in [0.717, 1.165) is 39.1 Å². The van der Waals surface area contributed by atoms with Crippen LogP contribution in [0.25, 0.3) is 0 Å². The summed E-state index contributed by atoms with van der Waals surface area (Å²) < 4.78 is 0. The second-order valence-electron chi connectivity index (χ2n) is 5.14. The highest BCUT2D eigenvalue weighted by molar-refractivity contribution is 5.79. The minimum atomic E-state index is -0.238. The van der Waals surface area contributed by atoms with Crippen LogP contribution in [0.15, 0.2) is 0 Å². The van der Waals surface area contributed by atoms with Gasteiger partial charge in [-0.25, -0.2) is 0 Å². The monoisotopic (exact) mass is 256 g/mol. The van der Waals surface area contributed by atoms with Gasteiger partial charge in [-0.15, -0.1) is 0 Å². The zero-order valence-corrected chi connectivity index (χ0v) is 12.0. The first-order chi connectivity index (χ1) is 8.58. The van der Waals surface area contributed by atoms with Crippen molar-refractivity contribution in [1.82, 2.24) is 15.1 Å². The maximum atomic E-state index is 11.3. The Hall–Kier alpha value is -0.650. The number of rotatable bonds is 7. The maximum Gasteiger partial charge on any atom is 0.234 e. The Morgan fingerprint density at radius 3 is 2.72 bits per heavy atom. The fourth-order valence-electron chi connectivity index (χ4n) is 2.56. The molecule has 0 spiro atoms. The van der Waals surface area contributed by atoms with E-state index in [-0.39, 0.29) is 11.9 Å². The molecule has 1 fully saturated rings. The van der Waals surface area contributed by atoms with Gasteiger partial charge in [-0.3, -0.25) is 4.79 Å². The standard InChI is InChI=1S/C13H28N4O/c1-4-11-10-17(9-8-16(11)3)7-6-12(13(14)18)15-5-2/h11-12,15H,4-10H2,1-3H3,(H2,14,18). The number of primary amides is 1. The summed E-state index contributed by atoms with van der Waals surface area (Å²) in [4.78, 5) is 16.1. The summed E-state index contributed by atoms with van der Waals surface area (Å²) in [6.45, 7) is 9.27. The van der Waals surface area contributed by atoms with Crippen molar-refractivity contribution in [1.29, 1.82) is 0 Å². The van der Waals surface area contributed by atoms with E-state index in [1.807, 2.05) is 6.92 Å². The van der Waals surface area contributed by atoms with Crippen molar-refractivity contribution in [3.8, 4) is 0 Å². The van der Waals surface area contributed by atoms with Crippen molar-refractivity contribution < 1.29 is 4.79 Å². The molecule has 1 saturated heterocycles. The van der Waals surface area contributed by atoms with Crippen molar-refractivity contribution in [2.75, 3.05) is 39.8 Å². The molecule has 2 unspecified atom stereocenters. The summed E-state index contributed by atoms with van der Waals surface area (Å²) in [5.41, 5.74) is 5.39. The summed E-state index contributed by atoms with van der Waals surface area (Å²) in [6.07, 6.45) is 1.99. The summed E-state index contributed by atoms with van der Waals surface area (Å²) in [6, 6.07) is 0.458. The van der Waals surface area contributed by atoms with E-state index in [1.54, 1.807) is 0 Å². The van der Waals surface area contributed by atoms with Gasteiger partial charge in [0.25, 0.3) is 0 Å². The molecule has 3 N–H and O–H groups in total. The molecule has 1 amide bonds. The average Bonchev–Trinajstić information content (AvgIpc) is 2.35. The summed E-state index contributed by atoms with van der Waals surface area (Å²) in [5.74, 6) is -0.238. The molecule has 0 aliphatic carbocycles. The number of carbonyl (C=O) groups is 1. The quantitative estimate of drug-likeness (QED) is 0.666. The van der Waals surface area contributed by atoms with Gasteiger partial charge in [0.05, 0.1) is 6.04 Å². The average molecular weight is 256 g/mol.